The van der Waals surface area contributed by atoms with Gasteiger partial charge in [-0.15, -0.1) is 0 Å². The molecule has 1 amide bonds. The summed E-state index contributed by atoms with van der Waals surface area (Å²) in [5.41, 5.74) is 1.06. The van der Waals surface area contributed by atoms with Crippen molar-refractivity contribution in [2.75, 3.05) is 38.7 Å². The van der Waals surface area contributed by atoms with Crippen molar-refractivity contribution in [2.45, 2.75) is 12.2 Å². The van der Waals surface area contributed by atoms with Gasteiger partial charge in [0, 0.05) is 43.5 Å². The highest BCUT2D eigenvalue weighted by Crippen LogP contribution is 2.15. The van der Waals surface area contributed by atoms with Gasteiger partial charge in [-0.05, 0) is 17.7 Å². The Hall–Kier alpha value is -1.11. The van der Waals surface area contributed by atoms with Crippen molar-refractivity contribution in [2.24, 2.45) is 5.92 Å². The fraction of sp³-hybridized carbons (Fsp3) is 0.562. The molecular weight excluding hydrogens is 305 g/mol. The van der Waals surface area contributed by atoms with Crippen LogP contribution in [0.25, 0.3) is 0 Å². The van der Waals surface area contributed by atoms with Crippen molar-refractivity contribution in [1.82, 2.24) is 4.90 Å². The number of rotatable bonds is 6. The van der Waals surface area contributed by atoms with Crippen molar-refractivity contribution in [3.63, 3.8) is 0 Å². The van der Waals surface area contributed by atoms with Crippen LogP contribution in [0.4, 0.5) is 4.39 Å². The number of ether oxygens (including phenoxy) is 1. The van der Waals surface area contributed by atoms with Gasteiger partial charge in [-0.25, -0.2) is 4.39 Å². The molecule has 4 nitrogen and oxygen atoms in total. The summed E-state index contributed by atoms with van der Waals surface area (Å²) in [4.78, 5) is 14.0. The van der Waals surface area contributed by atoms with Crippen LogP contribution in [-0.4, -0.2) is 54.6 Å². The van der Waals surface area contributed by atoms with Gasteiger partial charge in [0.15, 0.2) is 0 Å². The smallest absolute Gasteiger partial charge is 0.223 e. The lowest BCUT2D eigenvalue weighted by Gasteiger charge is -2.22. The van der Waals surface area contributed by atoms with Crippen molar-refractivity contribution in [3.05, 3.63) is 35.6 Å². The van der Waals surface area contributed by atoms with Crippen LogP contribution in [0, 0.1) is 11.7 Å². The Kier molecular flexibility index (Phi) is 7.15. The number of aliphatic hydroxyl groups is 1. The molecule has 122 valence electrons. The number of benzene rings is 1. The Labute approximate surface area is 134 Å². The molecule has 1 aromatic carbocycles. The largest absolute Gasteiger partial charge is 0.396 e. The summed E-state index contributed by atoms with van der Waals surface area (Å²) in [5.74, 6) is 1.40. The summed E-state index contributed by atoms with van der Waals surface area (Å²) in [5, 5.41) is 9.23. The zero-order valence-electron chi connectivity index (χ0n) is 12.5. The first-order chi connectivity index (χ1) is 10.7. The van der Waals surface area contributed by atoms with Crippen molar-refractivity contribution in [3.8, 4) is 0 Å². The molecule has 1 N–H and O–H groups in total. The molecule has 1 fully saturated rings. The van der Waals surface area contributed by atoms with E-state index < -0.39 is 0 Å². The minimum absolute atomic E-state index is 0.0123. The van der Waals surface area contributed by atoms with Crippen molar-refractivity contribution < 1.29 is 19.0 Å². The second kappa shape index (κ2) is 9.12. The van der Waals surface area contributed by atoms with E-state index >= 15 is 0 Å². The summed E-state index contributed by atoms with van der Waals surface area (Å²) in [6.45, 7) is 2.25. The number of carbonyl (C=O) groups excluding carboxylic acids is 1. The third-order valence-electron chi connectivity index (χ3n) is 3.59. The molecule has 22 heavy (non-hydrogen) atoms. The number of hydrogen-bond acceptors (Lipinski definition) is 4. The highest BCUT2D eigenvalue weighted by Gasteiger charge is 2.21. The number of hydrogen-bond donors (Lipinski definition) is 1. The Bertz CT molecular complexity index is 469. The Morgan fingerprint density at radius 2 is 2.18 bits per heavy atom. The van der Waals surface area contributed by atoms with Gasteiger partial charge in [0.05, 0.1) is 13.2 Å². The fourth-order valence-corrected chi connectivity index (χ4v) is 3.20. The predicted octanol–water partition coefficient (Wildman–Crippen LogP) is 1.92. The summed E-state index contributed by atoms with van der Waals surface area (Å²) in [6.07, 6.45) is 0.476. The fourth-order valence-electron chi connectivity index (χ4n) is 2.31. The standard InChI is InChI=1S/C16H22FNO3S/c17-15-3-1-13(2-4-15)12-22-8-5-16(20)18-6-7-21-11-14(9-18)10-19/h1-4,14,19H,5-12H2/t14-/m0/s1. The lowest BCUT2D eigenvalue weighted by Crippen LogP contribution is -2.36. The van der Waals surface area contributed by atoms with Gasteiger partial charge in [-0.3, -0.25) is 4.79 Å². The molecule has 0 radical (unpaired) electrons. The molecule has 1 heterocycles. The quantitative estimate of drug-likeness (QED) is 0.811. The van der Waals surface area contributed by atoms with Gasteiger partial charge in [-0.1, -0.05) is 12.1 Å². The maximum atomic E-state index is 12.8. The molecule has 1 saturated heterocycles. The SMILES string of the molecule is O=C(CCSCc1ccc(F)cc1)N1CCOC[C@H](CO)C1. The molecule has 0 aromatic heterocycles. The molecule has 1 aromatic rings. The lowest BCUT2D eigenvalue weighted by atomic mass is 10.1. The van der Waals surface area contributed by atoms with E-state index in [1.54, 1.807) is 28.8 Å². The zero-order chi connectivity index (χ0) is 15.8. The molecule has 1 aliphatic heterocycles. The predicted molar refractivity (Wildman–Crippen MR) is 85.2 cm³/mol. The Morgan fingerprint density at radius 3 is 2.91 bits per heavy atom. The van der Waals surface area contributed by atoms with E-state index in [0.29, 0.717) is 32.7 Å². The Balaban J connectivity index is 1.69. The van der Waals surface area contributed by atoms with Crippen LogP contribution in [0.3, 0.4) is 0 Å². The zero-order valence-corrected chi connectivity index (χ0v) is 13.4. The van der Waals surface area contributed by atoms with E-state index in [9.17, 15) is 14.3 Å². The van der Waals surface area contributed by atoms with Crippen LogP contribution in [0.2, 0.25) is 0 Å². The monoisotopic (exact) mass is 327 g/mol. The highest BCUT2D eigenvalue weighted by molar-refractivity contribution is 7.98. The van der Waals surface area contributed by atoms with Crippen LogP contribution < -0.4 is 0 Å². The van der Waals surface area contributed by atoms with Gasteiger partial charge in [0.1, 0.15) is 5.82 Å². The van der Waals surface area contributed by atoms with Gasteiger partial charge in [0.2, 0.25) is 5.91 Å². The molecular formula is C16H22FNO3S. The van der Waals surface area contributed by atoms with E-state index in [1.807, 2.05) is 0 Å². The van der Waals surface area contributed by atoms with E-state index in [0.717, 1.165) is 17.1 Å². The summed E-state index contributed by atoms with van der Waals surface area (Å²) in [6, 6.07) is 6.44. The normalized spacial score (nSPS) is 19.0. The number of nitrogens with zero attached hydrogens (tertiary/aromatic N) is 1. The van der Waals surface area contributed by atoms with E-state index in [4.69, 9.17) is 4.74 Å². The minimum atomic E-state index is -0.231. The first-order valence-electron chi connectivity index (χ1n) is 7.47. The minimum Gasteiger partial charge on any atom is -0.396 e. The van der Waals surface area contributed by atoms with Gasteiger partial charge in [-0.2, -0.15) is 11.8 Å². The maximum absolute atomic E-state index is 12.8. The molecule has 1 aliphatic rings. The summed E-state index contributed by atoms with van der Waals surface area (Å²) < 4.78 is 18.2. The average Bonchev–Trinajstić information content (AvgIpc) is 2.78. The number of amides is 1. The first-order valence-corrected chi connectivity index (χ1v) is 8.63. The topological polar surface area (TPSA) is 49.8 Å². The van der Waals surface area contributed by atoms with Crippen molar-refractivity contribution >= 4 is 17.7 Å². The molecule has 1 atom stereocenters. The molecule has 0 unspecified atom stereocenters. The van der Waals surface area contributed by atoms with Crippen molar-refractivity contribution in [1.29, 1.82) is 0 Å². The molecule has 0 spiro atoms. The van der Waals surface area contributed by atoms with E-state index in [-0.39, 0.29) is 24.2 Å². The van der Waals surface area contributed by atoms with Crippen LogP contribution in [-0.2, 0) is 15.3 Å². The van der Waals surface area contributed by atoms with Crippen LogP contribution in [0.5, 0.6) is 0 Å². The second-order valence-electron chi connectivity index (χ2n) is 5.39. The summed E-state index contributed by atoms with van der Waals surface area (Å²) >= 11 is 1.67. The number of thioether (sulfide) groups is 1. The molecule has 0 bridgehead atoms. The maximum Gasteiger partial charge on any atom is 0.223 e. The van der Waals surface area contributed by atoms with Gasteiger partial charge in [0.25, 0.3) is 0 Å². The van der Waals surface area contributed by atoms with Crippen LogP contribution >= 0.6 is 11.8 Å². The molecule has 0 aliphatic carbocycles. The van der Waals surface area contributed by atoms with Gasteiger partial charge >= 0.3 is 0 Å². The third kappa shape index (κ3) is 5.59. The highest BCUT2D eigenvalue weighted by atomic mass is 32.2. The third-order valence-corrected chi connectivity index (χ3v) is 4.62. The van der Waals surface area contributed by atoms with E-state index in [2.05, 4.69) is 0 Å². The Morgan fingerprint density at radius 1 is 1.41 bits per heavy atom. The second-order valence-corrected chi connectivity index (χ2v) is 6.50. The number of carbonyl (C=O) groups is 1. The lowest BCUT2D eigenvalue weighted by molar-refractivity contribution is -0.131. The molecule has 0 saturated carbocycles. The average molecular weight is 327 g/mol. The molecule has 2 rings (SSSR count). The van der Waals surface area contributed by atoms with Crippen LogP contribution in [0.15, 0.2) is 24.3 Å². The van der Waals surface area contributed by atoms with E-state index in [1.165, 1.54) is 12.1 Å². The first kappa shape index (κ1) is 17.2. The van der Waals surface area contributed by atoms with Gasteiger partial charge < -0.3 is 14.7 Å². The summed E-state index contributed by atoms with van der Waals surface area (Å²) in [7, 11) is 0. The van der Waals surface area contributed by atoms with Crippen LogP contribution in [0.1, 0.15) is 12.0 Å². The number of halogens is 1. The number of aliphatic hydroxyl groups excluding tert-OH is 1. The molecule has 6 heteroatoms.